The monoisotopic (exact) mass is 281 g/mol. The molecule has 0 spiro atoms. The number of benzene rings is 1. The molecule has 1 aliphatic carbocycles. The molecule has 2 N–H and O–H groups in total. The summed E-state index contributed by atoms with van der Waals surface area (Å²) in [6.45, 7) is 3.24. The van der Waals surface area contributed by atoms with Gasteiger partial charge in [-0.25, -0.2) is 0 Å². The van der Waals surface area contributed by atoms with Gasteiger partial charge in [0.2, 0.25) is 0 Å². The van der Waals surface area contributed by atoms with Gasteiger partial charge in [-0.1, -0.05) is 30.2 Å². The van der Waals surface area contributed by atoms with Crippen LogP contribution in [-0.2, 0) is 6.42 Å². The second-order valence-electron chi connectivity index (χ2n) is 5.83. The second-order valence-corrected chi connectivity index (χ2v) is 6.26. The zero-order chi connectivity index (χ0) is 13.7. The van der Waals surface area contributed by atoms with Crippen molar-refractivity contribution in [3.05, 3.63) is 34.9 Å². The summed E-state index contributed by atoms with van der Waals surface area (Å²) in [5.41, 5.74) is 1.31. The summed E-state index contributed by atoms with van der Waals surface area (Å²) in [5, 5.41) is 14.0. The minimum absolute atomic E-state index is 0.0767. The van der Waals surface area contributed by atoms with Gasteiger partial charge in [-0.05, 0) is 62.8 Å². The van der Waals surface area contributed by atoms with Crippen molar-refractivity contribution in [2.24, 2.45) is 5.92 Å². The summed E-state index contributed by atoms with van der Waals surface area (Å²) in [5.74, 6) is 0.636. The molecule has 2 nitrogen and oxygen atoms in total. The van der Waals surface area contributed by atoms with Gasteiger partial charge in [-0.15, -0.1) is 0 Å². The molecule has 3 atom stereocenters. The van der Waals surface area contributed by atoms with Crippen molar-refractivity contribution >= 4 is 11.6 Å². The highest BCUT2D eigenvalue weighted by Crippen LogP contribution is 2.23. The first-order chi connectivity index (χ1) is 9.13. The molecular weight excluding hydrogens is 258 g/mol. The van der Waals surface area contributed by atoms with Crippen LogP contribution < -0.4 is 5.32 Å². The lowest BCUT2D eigenvalue weighted by Crippen LogP contribution is -2.35. The van der Waals surface area contributed by atoms with Crippen LogP contribution in [0, 0.1) is 5.92 Å². The van der Waals surface area contributed by atoms with E-state index in [1.165, 1.54) is 18.4 Å². The Morgan fingerprint density at radius 1 is 1.32 bits per heavy atom. The van der Waals surface area contributed by atoms with E-state index < -0.39 is 0 Å². The molecule has 1 saturated carbocycles. The van der Waals surface area contributed by atoms with E-state index >= 15 is 0 Å². The zero-order valence-electron chi connectivity index (χ0n) is 11.6. The van der Waals surface area contributed by atoms with E-state index in [-0.39, 0.29) is 6.10 Å². The molecular formula is C16H24ClNO. The summed E-state index contributed by atoms with van der Waals surface area (Å²) in [6, 6.07) is 8.53. The predicted octanol–water partition coefficient (Wildman–Crippen LogP) is 3.41. The van der Waals surface area contributed by atoms with Crippen molar-refractivity contribution in [1.82, 2.24) is 5.32 Å². The number of halogens is 1. The molecule has 1 aromatic carbocycles. The van der Waals surface area contributed by atoms with Gasteiger partial charge in [0, 0.05) is 11.1 Å². The Kier molecular flexibility index (Phi) is 5.68. The van der Waals surface area contributed by atoms with Crippen LogP contribution in [-0.4, -0.2) is 23.8 Å². The van der Waals surface area contributed by atoms with E-state index in [1.54, 1.807) is 0 Å². The Morgan fingerprint density at radius 2 is 2.05 bits per heavy atom. The van der Waals surface area contributed by atoms with E-state index in [1.807, 2.05) is 12.1 Å². The van der Waals surface area contributed by atoms with Crippen LogP contribution in [0.1, 0.15) is 38.2 Å². The highest BCUT2D eigenvalue weighted by atomic mass is 35.5. The highest BCUT2D eigenvalue weighted by Gasteiger charge is 2.20. The third kappa shape index (κ3) is 5.13. The molecule has 0 aliphatic heterocycles. The van der Waals surface area contributed by atoms with E-state index in [0.717, 1.165) is 30.8 Å². The van der Waals surface area contributed by atoms with Gasteiger partial charge in [0.25, 0.3) is 0 Å². The number of rotatable bonds is 5. The van der Waals surface area contributed by atoms with Gasteiger partial charge in [0.05, 0.1) is 6.10 Å². The Morgan fingerprint density at radius 3 is 2.74 bits per heavy atom. The molecule has 3 heteroatoms. The Balaban J connectivity index is 1.72. The van der Waals surface area contributed by atoms with Crippen LogP contribution in [0.4, 0.5) is 0 Å². The van der Waals surface area contributed by atoms with Crippen molar-refractivity contribution in [2.45, 2.75) is 51.2 Å². The predicted molar refractivity (Wildman–Crippen MR) is 80.6 cm³/mol. The normalized spacial score (nSPS) is 25.2. The van der Waals surface area contributed by atoms with Gasteiger partial charge in [0.1, 0.15) is 0 Å². The minimum Gasteiger partial charge on any atom is -0.393 e. The Hall–Kier alpha value is -0.570. The fraction of sp³-hybridized carbons (Fsp3) is 0.625. The van der Waals surface area contributed by atoms with E-state index in [0.29, 0.717) is 12.0 Å². The number of hydrogen-bond acceptors (Lipinski definition) is 2. The van der Waals surface area contributed by atoms with Crippen molar-refractivity contribution in [3.63, 3.8) is 0 Å². The van der Waals surface area contributed by atoms with Gasteiger partial charge >= 0.3 is 0 Å². The number of nitrogens with one attached hydrogen (secondary N) is 1. The summed E-state index contributed by atoms with van der Waals surface area (Å²) < 4.78 is 0. The van der Waals surface area contributed by atoms with E-state index in [2.05, 4.69) is 24.4 Å². The topological polar surface area (TPSA) is 32.3 Å². The molecule has 0 amide bonds. The maximum Gasteiger partial charge on any atom is 0.0543 e. The molecule has 1 fully saturated rings. The van der Waals surface area contributed by atoms with Crippen molar-refractivity contribution in [1.29, 1.82) is 0 Å². The van der Waals surface area contributed by atoms with E-state index in [9.17, 15) is 5.11 Å². The molecule has 0 radical (unpaired) electrons. The molecule has 0 saturated heterocycles. The van der Waals surface area contributed by atoms with Crippen LogP contribution >= 0.6 is 11.6 Å². The minimum atomic E-state index is -0.0767. The summed E-state index contributed by atoms with van der Waals surface area (Å²) in [4.78, 5) is 0. The third-order valence-corrected chi connectivity index (χ3v) is 4.22. The van der Waals surface area contributed by atoms with Crippen LogP contribution in [0.2, 0.25) is 5.02 Å². The molecule has 2 rings (SSSR count). The molecule has 0 bridgehead atoms. The largest absolute Gasteiger partial charge is 0.393 e. The van der Waals surface area contributed by atoms with Crippen LogP contribution in [0.5, 0.6) is 0 Å². The maximum absolute atomic E-state index is 9.67. The number of aliphatic hydroxyl groups excluding tert-OH is 1. The van der Waals surface area contributed by atoms with Gasteiger partial charge in [0.15, 0.2) is 0 Å². The third-order valence-electron chi connectivity index (χ3n) is 3.97. The summed E-state index contributed by atoms with van der Waals surface area (Å²) in [7, 11) is 0. The molecule has 3 unspecified atom stereocenters. The molecule has 1 aromatic rings. The number of aliphatic hydroxyl groups is 1. The smallest absolute Gasteiger partial charge is 0.0543 e. The fourth-order valence-corrected chi connectivity index (χ4v) is 2.99. The summed E-state index contributed by atoms with van der Waals surface area (Å²) in [6.07, 6.45) is 5.30. The average Bonchev–Trinajstić information content (AvgIpc) is 2.39. The molecule has 0 aromatic heterocycles. The highest BCUT2D eigenvalue weighted by molar-refractivity contribution is 6.30. The van der Waals surface area contributed by atoms with Crippen LogP contribution in [0.15, 0.2) is 24.3 Å². The SMILES string of the molecule is CC(Cc1ccc(Cl)cc1)NCC1CCCC(O)C1. The molecule has 0 heterocycles. The lowest BCUT2D eigenvalue weighted by atomic mass is 9.87. The van der Waals surface area contributed by atoms with Gasteiger partial charge < -0.3 is 10.4 Å². The standard InChI is InChI=1S/C16H24ClNO/c1-12(9-13-5-7-15(17)8-6-13)18-11-14-3-2-4-16(19)10-14/h5-8,12,14,16,18-19H,2-4,9-11H2,1H3. The lowest BCUT2D eigenvalue weighted by molar-refractivity contribution is 0.0998. The molecule has 106 valence electrons. The number of hydrogen-bond donors (Lipinski definition) is 2. The van der Waals surface area contributed by atoms with Crippen molar-refractivity contribution in [2.75, 3.05) is 6.54 Å². The Labute approximate surface area is 121 Å². The first-order valence-electron chi connectivity index (χ1n) is 7.29. The van der Waals surface area contributed by atoms with Crippen molar-refractivity contribution in [3.8, 4) is 0 Å². The first kappa shape index (κ1) is 14.8. The van der Waals surface area contributed by atoms with Crippen LogP contribution in [0.3, 0.4) is 0 Å². The molecule has 1 aliphatic rings. The van der Waals surface area contributed by atoms with E-state index in [4.69, 9.17) is 11.6 Å². The van der Waals surface area contributed by atoms with Crippen LogP contribution in [0.25, 0.3) is 0 Å². The quantitative estimate of drug-likeness (QED) is 0.867. The maximum atomic E-state index is 9.67. The van der Waals surface area contributed by atoms with Gasteiger partial charge in [-0.2, -0.15) is 0 Å². The second kappa shape index (κ2) is 7.28. The first-order valence-corrected chi connectivity index (χ1v) is 7.67. The molecule has 19 heavy (non-hydrogen) atoms. The van der Waals surface area contributed by atoms with Crippen molar-refractivity contribution < 1.29 is 5.11 Å². The van der Waals surface area contributed by atoms with Gasteiger partial charge in [-0.3, -0.25) is 0 Å². The zero-order valence-corrected chi connectivity index (χ0v) is 12.4. The average molecular weight is 282 g/mol. The Bertz CT molecular complexity index is 379. The summed E-state index contributed by atoms with van der Waals surface area (Å²) >= 11 is 5.89. The lowest BCUT2D eigenvalue weighted by Gasteiger charge is -2.27. The fourth-order valence-electron chi connectivity index (χ4n) is 2.86.